The minimum atomic E-state index is -0.382. The number of benzene rings is 1. The van der Waals surface area contributed by atoms with Crippen LogP contribution in [0.5, 0.6) is 11.5 Å². The Labute approximate surface area is 167 Å². The lowest BCUT2D eigenvalue weighted by molar-refractivity contribution is 0.102. The van der Waals surface area contributed by atoms with Crippen molar-refractivity contribution in [1.82, 2.24) is 9.97 Å². The summed E-state index contributed by atoms with van der Waals surface area (Å²) in [5.74, 6) is 0.468. The smallest absolute Gasteiger partial charge is 0.274 e. The van der Waals surface area contributed by atoms with Gasteiger partial charge < -0.3 is 20.1 Å². The molecule has 0 spiro atoms. The third-order valence-electron chi connectivity index (χ3n) is 3.93. The third-order valence-corrected chi connectivity index (χ3v) is 4.23. The molecule has 0 radical (unpaired) electrons. The first-order valence-corrected chi connectivity index (χ1v) is 8.80. The molecule has 0 saturated heterocycles. The Morgan fingerprint density at radius 3 is 2.64 bits per heavy atom. The molecule has 2 N–H and O–H groups in total. The fourth-order valence-electron chi connectivity index (χ4n) is 2.52. The monoisotopic (exact) mass is 398 g/mol. The number of pyridine rings is 2. The second kappa shape index (κ2) is 9.05. The van der Waals surface area contributed by atoms with Gasteiger partial charge in [-0.3, -0.25) is 14.8 Å². The highest BCUT2D eigenvalue weighted by molar-refractivity contribution is 6.32. The van der Waals surface area contributed by atoms with Crippen LogP contribution in [0.15, 0.2) is 55.0 Å². The molecule has 1 aromatic carbocycles. The van der Waals surface area contributed by atoms with E-state index < -0.39 is 0 Å². The third kappa shape index (κ3) is 4.69. The maximum atomic E-state index is 12.7. The second-order valence-electron chi connectivity index (χ2n) is 5.79. The molecule has 0 saturated carbocycles. The molecule has 7 nitrogen and oxygen atoms in total. The Kier molecular flexibility index (Phi) is 6.29. The molecule has 0 aliphatic heterocycles. The standard InChI is InChI=1S/C20H19ClN4O3/c1-27-18-10-16(19(28-2)9-15(18)21)25-20(26)17-8-14(5-7-23-17)24-12-13-4-3-6-22-11-13/h3-11H,12H2,1-2H3,(H,23,24)(H,25,26). The highest BCUT2D eigenvalue weighted by atomic mass is 35.5. The van der Waals surface area contributed by atoms with E-state index in [4.69, 9.17) is 21.1 Å². The summed E-state index contributed by atoms with van der Waals surface area (Å²) in [4.78, 5) is 20.9. The van der Waals surface area contributed by atoms with Crippen molar-refractivity contribution in [3.8, 4) is 11.5 Å². The van der Waals surface area contributed by atoms with E-state index >= 15 is 0 Å². The number of halogens is 1. The van der Waals surface area contributed by atoms with E-state index in [0.717, 1.165) is 11.3 Å². The average Bonchev–Trinajstić information content (AvgIpc) is 2.74. The van der Waals surface area contributed by atoms with Crippen LogP contribution in [0.1, 0.15) is 16.1 Å². The molecule has 2 heterocycles. The molecular formula is C20H19ClN4O3. The minimum absolute atomic E-state index is 0.257. The number of carbonyl (C=O) groups excluding carboxylic acids is 1. The van der Waals surface area contributed by atoms with Gasteiger partial charge in [0.25, 0.3) is 5.91 Å². The van der Waals surface area contributed by atoms with E-state index in [-0.39, 0.29) is 11.6 Å². The van der Waals surface area contributed by atoms with Gasteiger partial charge in [-0.2, -0.15) is 0 Å². The number of hydrogen-bond donors (Lipinski definition) is 2. The zero-order chi connectivity index (χ0) is 19.9. The zero-order valence-electron chi connectivity index (χ0n) is 15.4. The van der Waals surface area contributed by atoms with Gasteiger partial charge in [0.15, 0.2) is 0 Å². The normalized spacial score (nSPS) is 10.2. The fraction of sp³-hybridized carbons (Fsp3) is 0.150. The summed E-state index contributed by atoms with van der Waals surface area (Å²) in [5.41, 5.74) is 2.49. The van der Waals surface area contributed by atoms with Crippen LogP contribution in [-0.4, -0.2) is 30.1 Å². The molecule has 2 aromatic heterocycles. The SMILES string of the molecule is COc1cc(NC(=O)c2cc(NCc3cccnc3)ccn2)c(OC)cc1Cl. The van der Waals surface area contributed by atoms with Gasteiger partial charge >= 0.3 is 0 Å². The summed E-state index contributed by atoms with van der Waals surface area (Å²) in [6, 6.07) is 10.5. The molecule has 28 heavy (non-hydrogen) atoms. The molecule has 8 heteroatoms. The van der Waals surface area contributed by atoms with Crippen molar-refractivity contribution in [2.24, 2.45) is 0 Å². The molecule has 0 bridgehead atoms. The average molecular weight is 399 g/mol. The lowest BCUT2D eigenvalue weighted by Gasteiger charge is -2.13. The molecule has 144 valence electrons. The Balaban J connectivity index is 1.74. The summed E-state index contributed by atoms with van der Waals surface area (Å²) in [5, 5.41) is 6.41. The molecule has 0 aliphatic rings. The number of aromatic nitrogens is 2. The molecule has 3 aromatic rings. The lowest BCUT2D eigenvalue weighted by Crippen LogP contribution is -2.15. The van der Waals surface area contributed by atoms with Crippen molar-refractivity contribution in [3.63, 3.8) is 0 Å². The maximum Gasteiger partial charge on any atom is 0.274 e. The van der Waals surface area contributed by atoms with Gasteiger partial charge in [0, 0.05) is 43.0 Å². The van der Waals surface area contributed by atoms with Crippen molar-refractivity contribution < 1.29 is 14.3 Å². The predicted octanol–water partition coefficient (Wildman–Crippen LogP) is 4.01. The van der Waals surface area contributed by atoms with Crippen molar-refractivity contribution in [2.75, 3.05) is 24.9 Å². The van der Waals surface area contributed by atoms with Crippen LogP contribution in [0.25, 0.3) is 0 Å². The molecule has 3 rings (SSSR count). The van der Waals surface area contributed by atoms with Gasteiger partial charge in [-0.15, -0.1) is 0 Å². The summed E-state index contributed by atoms with van der Waals surface area (Å²) >= 11 is 6.10. The fourth-order valence-corrected chi connectivity index (χ4v) is 2.75. The molecule has 1 amide bonds. The van der Waals surface area contributed by atoms with Crippen molar-refractivity contribution >= 4 is 28.9 Å². The molecular weight excluding hydrogens is 380 g/mol. The Morgan fingerprint density at radius 2 is 1.93 bits per heavy atom. The first-order chi connectivity index (χ1) is 13.6. The number of nitrogens with zero attached hydrogens (tertiary/aromatic N) is 2. The highest BCUT2D eigenvalue weighted by Crippen LogP contribution is 2.36. The number of amides is 1. The van der Waals surface area contributed by atoms with Crippen LogP contribution in [0.3, 0.4) is 0 Å². The lowest BCUT2D eigenvalue weighted by atomic mass is 10.2. The van der Waals surface area contributed by atoms with Crippen LogP contribution in [0.4, 0.5) is 11.4 Å². The Morgan fingerprint density at radius 1 is 1.11 bits per heavy atom. The van der Waals surface area contributed by atoms with E-state index in [1.165, 1.54) is 14.2 Å². The summed E-state index contributed by atoms with van der Waals surface area (Å²) in [6.07, 6.45) is 5.07. The van der Waals surface area contributed by atoms with Gasteiger partial charge in [0.1, 0.15) is 17.2 Å². The molecule has 0 unspecified atom stereocenters. The van der Waals surface area contributed by atoms with Crippen LogP contribution < -0.4 is 20.1 Å². The predicted molar refractivity (Wildman–Crippen MR) is 108 cm³/mol. The van der Waals surface area contributed by atoms with Gasteiger partial charge in [-0.05, 0) is 23.8 Å². The van der Waals surface area contributed by atoms with Crippen LogP contribution in [0.2, 0.25) is 5.02 Å². The highest BCUT2D eigenvalue weighted by Gasteiger charge is 2.15. The van der Waals surface area contributed by atoms with E-state index in [9.17, 15) is 4.79 Å². The molecule has 0 aliphatic carbocycles. The van der Waals surface area contributed by atoms with Crippen LogP contribution >= 0.6 is 11.6 Å². The van der Waals surface area contributed by atoms with Crippen LogP contribution in [-0.2, 0) is 6.54 Å². The minimum Gasteiger partial charge on any atom is -0.495 e. The second-order valence-corrected chi connectivity index (χ2v) is 6.19. The molecule has 0 atom stereocenters. The summed E-state index contributed by atoms with van der Waals surface area (Å²) in [6.45, 7) is 0.584. The van der Waals surface area contributed by atoms with E-state index in [2.05, 4.69) is 20.6 Å². The van der Waals surface area contributed by atoms with Gasteiger partial charge in [0.05, 0.1) is 24.9 Å². The number of nitrogens with one attached hydrogen (secondary N) is 2. The molecule has 0 fully saturated rings. The zero-order valence-corrected chi connectivity index (χ0v) is 16.2. The first-order valence-electron chi connectivity index (χ1n) is 8.42. The number of methoxy groups -OCH3 is 2. The maximum absolute atomic E-state index is 12.7. The van der Waals surface area contributed by atoms with Gasteiger partial charge in [-0.1, -0.05) is 17.7 Å². The largest absolute Gasteiger partial charge is 0.495 e. The van der Waals surface area contributed by atoms with Crippen molar-refractivity contribution in [2.45, 2.75) is 6.54 Å². The number of carbonyl (C=O) groups is 1. The van der Waals surface area contributed by atoms with Gasteiger partial charge in [0.2, 0.25) is 0 Å². The number of rotatable bonds is 7. The van der Waals surface area contributed by atoms with Crippen molar-refractivity contribution in [3.05, 3.63) is 71.3 Å². The van der Waals surface area contributed by atoms with E-state index in [0.29, 0.717) is 28.8 Å². The number of hydrogen-bond acceptors (Lipinski definition) is 6. The summed E-state index contributed by atoms with van der Waals surface area (Å²) < 4.78 is 10.5. The number of ether oxygens (including phenoxy) is 2. The quantitative estimate of drug-likeness (QED) is 0.625. The Bertz CT molecular complexity index is 967. The number of anilines is 2. The van der Waals surface area contributed by atoms with Gasteiger partial charge in [-0.25, -0.2) is 0 Å². The first kappa shape index (κ1) is 19.4. The van der Waals surface area contributed by atoms with Crippen molar-refractivity contribution in [1.29, 1.82) is 0 Å². The van der Waals surface area contributed by atoms with E-state index in [1.54, 1.807) is 42.9 Å². The summed E-state index contributed by atoms with van der Waals surface area (Å²) in [7, 11) is 2.99. The van der Waals surface area contributed by atoms with Crippen LogP contribution in [0, 0.1) is 0 Å². The Hall–Kier alpha value is -3.32. The topological polar surface area (TPSA) is 85.4 Å². The van der Waals surface area contributed by atoms with E-state index in [1.807, 2.05) is 12.1 Å².